The molecule has 2 N–H and O–H groups in total. The molecule has 3 rings (SSSR count). The summed E-state index contributed by atoms with van der Waals surface area (Å²) in [5.41, 5.74) is 1.03. The van der Waals surface area contributed by atoms with Crippen molar-refractivity contribution in [3.63, 3.8) is 0 Å². The molecule has 0 heterocycles. The third-order valence-electron chi connectivity index (χ3n) is 4.83. The fourth-order valence-electron chi connectivity index (χ4n) is 3.69. The number of carbonyl (C=O) groups excluding carboxylic acids is 1. The number of nitrogens with one attached hydrogen (secondary N) is 2. The van der Waals surface area contributed by atoms with E-state index in [1.54, 1.807) is 7.11 Å². The molecule has 2 aliphatic rings. The summed E-state index contributed by atoms with van der Waals surface area (Å²) in [7, 11) is 1.64. The maximum Gasteiger partial charge on any atom is 0.412 e. The van der Waals surface area contributed by atoms with Crippen molar-refractivity contribution in [1.29, 1.82) is 0 Å². The number of ether oxygens (including phenoxy) is 2. The van der Waals surface area contributed by atoms with Crippen LogP contribution in [0.1, 0.15) is 33.6 Å². The average molecular weight is 344 g/mol. The monoisotopic (exact) mass is 344 g/mol. The fourth-order valence-corrected chi connectivity index (χ4v) is 3.69. The van der Waals surface area contributed by atoms with Gasteiger partial charge in [0.15, 0.2) is 0 Å². The normalized spacial score (nSPS) is 24.2. The minimum atomic E-state index is -0.528. The van der Waals surface area contributed by atoms with E-state index in [4.69, 9.17) is 9.47 Å². The van der Waals surface area contributed by atoms with Crippen molar-refractivity contribution in [3.8, 4) is 5.75 Å². The first-order valence-corrected chi connectivity index (χ1v) is 8.94. The third kappa shape index (κ3) is 4.47. The smallest absolute Gasteiger partial charge is 0.412 e. The van der Waals surface area contributed by atoms with E-state index in [-0.39, 0.29) is 0 Å². The Labute approximate surface area is 149 Å². The Morgan fingerprint density at radius 1 is 1.20 bits per heavy atom. The lowest BCUT2D eigenvalue weighted by Crippen LogP contribution is -2.27. The van der Waals surface area contributed by atoms with Crippen LogP contribution in [0.15, 0.2) is 30.4 Å². The maximum atomic E-state index is 12.1. The average Bonchev–Trinajstić information content (AvgIpc) is 3.14. The van der Waals surface area contributed by atoms with Crippen molar-refractivity contribution in [2.75, 3.05) is 24.3 Å². The van der Waals surface area contributed by atoms with Crippen LogP contribution in [0.25, 0.3) is 0 Å². The highest BCUT2D eigenvalue weighted by atomic mass is 16.6. The second-order valence-corrected chi connectivity index (χ2v) is 7.96. The van der Waals surface area contributed by atoms with Crippen LogP contribution in [0.4, 0.5) is 16.2 Å². The van der Waals surface area contributed by atoms with E-state index in [0.717, 1.165) is 23.9 Å². The summed E-state index contributed by atoms with van der Waals surface area (Å²) in [6.07, 6.45) is 6.78. The van der Waals surface area contributed by atoms with Crippen molar-refractivity contribution in [3.05, 3.63) is 30.4 Å². The van der Waals surface area contributed by atoms with E-state index in [0.29, 0.717) is 17.5 Å². The SMILES string of the molecule is COc1ccc(NC(=O)OC(C)(C)C)c(NCC2CC3C=CC2C3)c1. The van der Waals surface area contributed by atoms with E-state index < -0.39 is 11.7 Å². The largest absolute Gasteiger partial charge is 0.497 e. The molecule has 0 aromatic heterocycles. The van der Waals surface area contributed by atoms with E-state index >= 15 is 0 Å². The van der Waals surface area contributed by atoms with Gasteiger partial charge in [-0.3, -0.25) is 5.32 Å². The first-order chi connectivity index (χ1) is 11.8. The Morgan fingerprint density at radius 3 is 2.60 bits per heavy atom. The van der Waals surface area contributed by atoms with Gasteiger partial charge in [0.2, 0.25) is 0 Å². The van der Waals surface area contributed by atoms with Gasteiger partial charge in [0.05, 0.1) is 18.5 Å². The van der Waals surface area contributed by atoms with E-state index in [9.17, 15) is 4.79 Å². The van der Waals surface area contributed by atoms with Crippen LogP contribution < -0.4 is 15.4 Å². The number of allylic oxidation sites excluding steroid dienone is 2. The molecule has 0 aliphatic heterocycles. The van der Waals surface area contributed by atoms with Gasteiger partial charge in [-0.15, -0.1) is 0 Å². The molecule has 3 unspecified atom stereocenters. The highest BCUT2D eigenvalue weighted by Crippen LogP contribution is 2.43. The number of rotatable bonds is 5. The lowest BCUT2D eigenvalue weighted by molar-refractivity contribution is 0.0636. The molecule has 1 fully saturated rings. The molecule has 3 atom stereocenters. The minimum Gasteiger partial charge on any atom is -0.497 e. The van der Waals surface area contributed by atoms with Gasteiger partial charge in [0.25, 0.3) is 0 Å². The third-order valence-corrected chi connectivity index (χ3v) is 4.83. The highest BCUT2D eigenvalue weighted by Gasteiger charge is 2.35. The van der Waals surface area contributed by atoms with Crippen LogP contribution in [0.3, 0.4) is 0 Å². The van der Waals surface area contributed by atoms with Crippen LogP contribution >= 0.6 is 0 Å². The van der Waals surface area contributed by atoms with Gasteiger partial charge in [0, 0.05) is 12.6 Å². The maximum absolute atomic E-state index is 12.1. The fraction of sp³-hybridized carbons (Fsp3) is 0.550. The Bertz CT molecular complexity index is 663. The summed E-state index contributed by atoms with van der Waals surface area (Å²) in [6, 6.07) is 5.58. The van der Waals surface area contributed by atoms with E-state index in [2.05, 4.69) is 22.8 Å². The van der Waals surface area contributed by atoms with Gasteiger partial charge in [-0.2, -0.15) is 0 Å². The highest BCUT2D eigenvalue weighted by molar-refractivity contribution is 5.90. The summed E-state index contributed by atoms with van der Waals surface area (Å²) >= 11 is 0. The Morgan fingerprint density at radius 2 is 2.00 bits per heavy atom. The zero-order valence-corrected chi connectivity index (χ0v) is 15.5. The quantitative estimate of drug-likeness (QED) is 0.762. The molecule has 1 saturated carbocycles. The minimum absolute atomic E-state index is 0.455. The first-order valence-electron chi connectivity index (χ1n) is 8.94. The molecule has 25 heavy (non-hydrogen) atoms. The van der Waals surface area contributed by atoms with Crippen LogP contribution in [0.5, 0.6) is 5.75 Å². The van der Waals surface area contributed by atoms with Crippen molar-refractivity contribution in [1.82, 2.24) is 0 Å². The Kier molecular flexibility index (Phi) is 4.93. The molecule has 0 saturated heterocycles. The van der Waals surface area contributed by atoms with Gasteiger partial charge in [0.1, 0.15) is 11.4 Å². The molecule has 1 amide bonds. The Hall–Kier alpha value is -2.17. The number of methoxy groups -OCH3 is 1. The molecule has 1 aromatic rings. The zero-order valence-electron chi connectivity index (χ0n) is 15.5. The lowest BCUT2D eigenvalue weighted by atomic mass is 9.93. The molecule has 1 aromatic carbocycles. The van der Waals surface area contributed by atoms with Gasteiger partial charge < -0.3 is 14.8 Å². The second-order valence-electron chi connectivity index (χ2n) is 7.96. The number of carbonyl (C=O) groups is 1. The van der Waals surface area contributed by atoms with Crippen LogP contribution in [-0.4, -0.2) is 25.3 Å². The van der Waals surface area contributed by atoms with E-state index in [1.165, 1.54) is 12.8 Å². The lowest BCUT2D eigenvalue weighted by Gasteiger charge is -2.22. The van der Waals surface area contributed by atoms with Gasteiger partial charge in [-0.25, -0.2) is 4.79 Å². The summed E-state index contributed by atoms with van der Waals surface area (Å²) in [5.74, 6) is 2.84. The molecule has 2 aliphatic carbocycles. The molecular formula is C20H28N2O3. The number of benzene rings is 1. The van der Waals surface area contributed by atoms with Crippen LogP contribution in [0.2, 0.25) is 0 Å². The molecule has 136 valence electrons. The topological polar surface area (TPSA) is 59.6 Å². The predicted molar refractivity (Wildman–Crippen MR) is 100 cm³/mol. The number of anilines is 2. The molecular weight excluding hydrogens is 316 g/mol. The standard InChI is InChI=1S/C20H28N2O3/c1-20(2,3)25-19(23)22-17-8-7-16(24-4)11-18(17)21-12-15-10-13-5-6-14(15)9-13/h5-8,11,13-15,21H,9-10,12H2,1-4H3,(H,22,23). The first kappa shape index (κ1) is 17.6. The number of amides is 1. The zero-order chi connectivity index (χ0) is 18.0. The summed E-state index contributed by atoms with van der Waals surface area (Å²) < 4.78 is 10.7. The molecule has 0 spiro atoms. The van der Waals surface area contributed by atoms with Crippen LogP contribution in [-0.2, 0) is 4.74 Å². The van der Waals surface area contributed by atoms with E-state index in [1.807, 2.05) is 39.0 Å². The summed E-state index contributed by atoms with van der Waals surface area (Å²) in [4.78, 5) is 12.1. The van der Waals surface area contributed by atoms with Crippen molar-refractivity contribution >= 4 is 17.5 Å². The number of fused-ring (bicyclic) bond motifs is 2. The van der Waals surface area contributed by atoms with Crippen molar-refractivity contribution in [2.45, 2.75) is 39.2 Å². The molecule has 2 bridgehead atoms. The van der Waals surface area contributed by atoms with Crippen LogP contribution in [0, 0.1) is 17.8 Å². The van der Waals surface area contributed by atoms with Gasteiger partial charge >= 0.3 is 6.09 Å². The van der Waals surface area contributed by atoms with Crippen molar-refractivity contribution < 1.29 is 14.3 Å². The number of hydrogen-bond acceptors (Lipinski definition) is 4. The summed E-state index contributed by atoms with van der Waals surface area (Å²) in [6.45, 7) is 6.44. The molecule has 5 heteroatoms. The second kappa shape index (κ2) is 6.98. The molecule has 5 nitrogen and oxygen atoms in total. The predicted octanol–water partition coefficient (Wildman–Crippen LogP) is 4.67. The number of hydrogen-bond donors (Lipinski definition) is 2. The van der Waals surface area contributed by atoms with Gasteiger partial charge in [-0.1, -0.05) is 12.2 Å². The van der Waals surface area contributed by atoms with Gasteiger partial charge in [-0.05, 0) is 63.5 Å². The molecule has 0 radical (unpaired) electrons. The summed E-state index contributed by atoms with van der Waals surface area (Å²) in [5, 5.41) is 6.33. The van der Waals surface area contributed by atoms with Crippen molar-refractivity contribution in [2.24, 2.45) is 17.8 Å². The Balaban J connectivity index is 1.67.